The van der Waals surface area contributed by atoms with Crippen LogP contribution in [0, 0.1) is 6.92 Å². The summed E-state index contributed by atoms with van der Waals surface area (Å²) in [6.07, 6.45) is 0. The molecule has 124 valence electrons. The third-order valence-corrected chi connectivity index (χ3v) is 3.71. The first-order chi connectivity index (χ1) is 10.9. The summed E-state index contributed by atoms with van der Waals surface area (Å²) in [6.45, 7) is 2.54. The highest BCUT2D eigenvalue weighted by molar-refractivity contribution is 6.20. The Balaban J connectivity index is 2.34. The minimum atomic E-state index is -0.385. The van der Waals surface area contributed by atoms with Crippen LogP contribution in [-0.2, 0) is 9.53 Å². The molecule has 0 N–H and O–H groups in total. The second-order valence-electron chi connectivity index (χ2n) is 5.63. The molecular formula is C16H21N3O4. The number of nitrogens with zero attached hydrogens (tertiary/aromatic N) is 3. The zero-order valence-corrected chi connectivity index (χ0v) is 13.8. The smallest absolute Gasteiger partial charge is 0.331 e. The largest absolute Gasteiger partial charge is 0.383 e. The number of amides is 4. The van der Waals surface area contributed by atoms with Gasteiger partial charge < -0.3 is 14.5 Å². The van der Waals surface area contributed by atoms with E-state index in [0.29, 0.717) is 24.4 Å². The van der Waals surface area contributed by atoms with E-state index in [1.54, 1.807) is 46.3 Å². The van der Waals surface area contributed by atoms with Crippen LogP contribution in [0.1, 0.15) is 15.9 Å². The lowest BCUT2D eigenvalue weighted by atomic mass is 10.1. The molecule has 7 nitrogen and oxygen atoms in total. The summed E-state index contributed by atoms with van der Waals surface area (Å²) in [6, 6.07) is 4.64. The highest BCUT2D eigenvalue weighted by atomic mass is 16.5. The van der Waals surface area contributed by atoms with Gasteiger partial charge in [0.2, 0.25) is 0 Å². The monoisotopic (exact) mass is 319 g/mol. The van der Waals surface area contributed by atoms with Gasteiger partial charge in [0.25, 0.3) is 11.8 Å². The van der Waals surface area contributed by atoms with Gasteiger partial charge in [-0.25, -0.2) is 9.69 Å². The van der Waals surface area contributed by atoms with Crippen LogP contribution in [-0.4, -0.2) is 68.5 Å². The molecule has 4 amide bonds. The summed E-state index contributed by atoms with van der Waals surface area (Å²) >= 11 is 0. The standard InChI is InChI=1S/C16H21N3O4/c1-11-5-6-12(15(21)17(2)3)9-13(11)19-14(20)10-18(16(19)22)7-8-23-4/h5-6,9H,7-8,10H2,1-4H3. The van der Waals surface area contributed by atoms with Gasteiger partial charge in [-0.15, -0.1) is 0 Å². The van der Waals surface area contributed by atoms with E-state index in [1.807, 2.05) is 0 Å². The number of imide groups is 1. The average molecular weight is 319 g/mol. The first-order valence-electron chi connectivity index (χ1n) is 7.30. The number of hydrogen-bond donors (Lipinski definition) is 0. The van der Waals surface area contributed by atoms with Gasteiger partial charge in [0.05, 0.1) is 12.3 Å². The van der Waals surface area contributed by atoms with Crippen LogP contribution in [0.3, 0.4) is 0 Å². The zero-order valence-electron chi connectivity index (χ0n) is 13.8. The molecule has 1 aliphatic rings. The highest BCUT2D eigenvalue weighted by Gasteiger charge is 2.37. The Bertz CT molecular complexity index is 642. The lowest BCUT2D eigenvalue weighted by molar-refractivity contribution is -0.116. The zero-order chi connectivity index (χ0) is 17.1. The number of rotatable bonds is 5. The molecule has 0 atom stereocenters. The third-order valence-electron chi connectivity index (χ3n) is 3.71. The Kier molecular flexibility index (Phi) is 5.00. The van der Waals surface area contributed by atoms with Crippen molar-refractivity contribution in [1.29, 1.82) is 0 Å². The van der Waals surface area contributed by atoms with Crippen LogP contribution in [0.5, 0.6) is 0 Å². The summed E-state index contributed by atoms with van der Waals surface area (Å²) in [4.78, 5) is 40.8. The maximum atomic E-state index is 12.5. The van der Waals surface area contributed by atoms with Crippen LogP contribution >= 0.6 is 0 Å². The molecule has 0 aromatic heterocycles. The lowest BCUT2D eigenvalue weighted by Gasteiger charge is -2.19. The summed E-state index contributed by atoms with van der Waals surface area (Å²) < 4.78 is 4.96. The fraction of sp³-hybridized carbons (Fsp3) is 0.438. The summed E-state index contributed by atoms with van der Waals surface area (Å²) in [7, 11) is 4.85. The van der Waals surface area contributed by atoms with Crippen molar-refractivity contribution in [2.75, 3.05) is 45.8 Å². The van der Waals surface area contributed by atoms with Crippen molar-refractivity contribution in [3.05, 3.63) is 29.3 Å². The number of hydrogen-bond acceptors (Lipinski definition) is 4. The number of anilines is 1. The van der Waals surface area contributed by atoms with Gasteiger partial charge in [0, 0.05) is 33.3 Å². The fourth-order valence-corrected chi connectivity index (χ4v) is 2.40. The van der Waals surface area contributed by atoms with Gasteiger partial charge in [0.15, 0.2) is 0 Å². The minimum Gasteiger partial charge on any atom is -0.383 e. The Morgan fingerprint density at radius 3 is 2.61 bits per heavy atom. The van der Waals surface area contributed by atoms with E-state index in [4.69, 9.17) is 4.74 Å². The fourth-order valence-electron chi connectivity index (χ4n) is 2.40. The van der Waals surface area contributed by atoms with Crippen molar-refractivity contribution < 1.29 is 19.1 Å². The molecule has 1 saturated heterocycles. The first-order valence-corrected chi connectivity index (χ1v) is 7.30. The topological polar surface area (TPSA) is 70.2 Å². The number of benzene rings is 1. The third kappa shape index (κ3) is 3.34. The van der Waals surface area contributed by atoms with E-state index in [2.05, 4.69) is 0 Å². The number of methoxy groups -OCH3 is 1. The minimum absolute atomic E-state index is 0.0213. The van der Waals surface area contributed by atoms with Crippen molar-refractivity contribution in [3.63, 3.8) is 0 Å². The lowest BCUT2D eigenvalue weighted by Crippen LogP contribution is -2.35. The Morgan fingerprint density at radius 2 is 2.00 bits per heavy atom. The van der Waals surface area contributed by atoms with Crippen LogP contribution in [0.25, 0.3) is 0 Å². The van der Waals surface area contributed by atoms with Gasteiger partial charge in [-0.05, 0) is 24.6 Å². The van der Waals surface area contributed by atoms with Crippen LogP contribution in [0.4, 0.5) is 10.5 Å². The second-order valence-corrected chi connectivity index (χ2v) is 5.63. The molecule has 1 aliphatic heterocycles. The molecule has 1 aromatic rings. The van der Waals surface area contributed by atoms with E-state index >= 15 is 0 Å². The van der Waals surface area contributed by atoms with Gasteiger partial charge in [0.1, 0.15) is 6.54 Å². The number of carbonyl (C=O) groups excluding carboxylic acids is 3. The first kappa shape index (κ1) is 17.0. The molecule has 0 saturated carbocycles. The number of aryl methyl sites for hydroxylation is 1. The second kappa shape index (κ2) is 6.78. The van der Waals surface area contributed by atoms with Crippen molar-refractivity contribution in [1.82, 2.24) is 9.80 Å². The van der Waals surface area contributed by atoms with Crippen molar-refractivity contribution in [3.8, 4) is 0 Å². The van der Waals surface area contributed by atoms with E-state index < -0.39 is 0 Å². The van der Waals surface area contributed by atoms with E-state index in [1.165, 1.54) is 9.80 Å². The van der Waals surface area contributed by atoms with E-state index in [9.17, 15) is 14.4 Å². The predicted octanol–water partition coefficient (Wildman–Crippen LogP) is 1.11. The van der Waals surface area contributed by atoms with Crippen molar-refractivity contribution >= 4 is 23.5 Å². The Morgan fingerprint density at radius 1 is 1.30 bits per heavy atom. The van der Waals surface area contributed by atoms with Gasteiger partial charge >= 0.3 is 6.03 Å². The number of carbonyl (C=O) groups is 3. The molecule has 1 fully saturated rings. The normalized spacial score (nSPS) is 14.6. The molecule has 0 unspecified atom stereocenters. The summed E-state index contributed by atoms with van der Waals surface area (Å²) in [5.74, 6) is -0.481. The molecule has 0 aliphatic carbocycles. The molecule has 0 bridgehead atoms. The molecule has 0 radical (unpaired) electrons. The van der Waals surface area contributed by atoms with Gasteiger partial charge in [-0.1, -0.05) is 6.07 Å². The van der Waals surface area contributed by atoms with E-state index in [-0.39, 0.29) is 24.4 Å². The highest BCUT2D eigenvalue weighted by Crippen LogP contribution is 2.26. The molecule has 0 spiro atoms. The maximum Gasteiger partial charge on any atom is 0.331 e. The Labute approximate surface area is 135 Å². The molecule has 23 heavy (non-hydrogen) atoms. The van der Waals surface area contributed by atoms with Crippen LogP contribution in [0.15, 0.2) is 18.2 Å². The molecule has 1 aromatic carbocycles. The predicted molar refractivity (Wildman–Crippen MR) is 85.5 cm³/mol. The molecular weight excluding hydrogens is 298 g/mol. The van der Waals surface area contributed by atoms with Crippen LogP contribution < -0.4 is 4.90 Å². The van der Waals surface area contributed by atoms with Crippen LogP contribution in [0.2, 0.25) is 0 Å². The summed E-state index contributed by atoms with van der Waals surface area (Å²) in [5, 5.41) is 0. The van der Waals surface area contributed by atoms with E-state index in [0.717, 1.165) is 10.5 Å². The Hall–Kier alpha value is -2.41. The molecule has 1 heterocycles. The molecule has 7 heteroatoms. The van der Waals surface area contributed by atoms with Crippen molar-refractivity contribution in [2.24, 2.45) is 0 Å². The number of urea groups is 1. The average Bonchev–Trinajstić information content (AvgIpc) is 2.79. The van der Waals surface area contributed by atoms with Gasteiger partial charge in [-0.2, -0.15) is 0 Å². The van der Waals surface area contributed by atoms with Gasteiger partial charge in [-0.3, -0.25) is 9.59 Å². The number of ether oxygens (including phenoxy) is 1. The summed E-state index contributed by atoms with van der Waals surface area (Å²) in [5.41, 5.74) is 1.65. The van der Waals surface area contributed by atoms with Crippen molar-refractivity contribution in [2.45, 2.75) is 6.92 Å². The quantitative estimate of drug-likeness (QED) is 0.762. The SMILES string of the molecule is COCCN1CC(=O)N(c2cc(C(=O)N(C)C)ccc2C)C1=O. The molecule has 2 rings (SSSR count). The maximum absolute atomic E-state index is 12.5.